The molecule has 2 aromatic rings. The Morgan fingerprint density at radius 2 is 2.17 bits per heavy atom. The van der Waals surface area contributed by atoms with Gasteiger partial charge in [-0.1, -0.05) is 11.2 Å². The van der Waals surface area contributed by atoms with Gasteiger partial charge in [0, 0.05) is 19.2 Å². The van der Waals surface area contributed by atoms with Crippen molar-refractivity contribution in [3.63, 3.8) is 0 Å². The first-order chi connectivity index (χ1) is 11.6. The predicted octanol–water partition coefficient (Wildman–Crippen LogP) is 2.64. The average Bonchev–Trinajstić information content (AvgIpc) is 2.97. The quantitative estimate of drug-likeness (QED) is 0.590. The summed E-state index contributed by atoms with van der Waals surface area (Å²) in [5.41, 5.74) is 1.98. The normalized spacial score (nSPS) is 11.6. The number of hydrogen-bond acceptors (Lipinski definition) is 5. The van der Waals surface area contributed by atoms with Crippen LogP contribution in [0.2, 0.25) is 0 Å². The van der Waals surface area contributed by atoms with Crippen LogP contribution < -0.4 is 10.6 Å². The van der Waals surface area contributed by atoms with Gasteiger partial charge >= 0.3 is 0 Å². The molecule has 2 rings (SSSR count). The van der Waals surface area contributed by atoms with Crippen LogP contribution in [0.15, 0.2) is 27.7 Å². The number of rotatable bonds is 7. The van der Waals surface area contributed by atoms with E-state index in [0.717, 1.165) is 23.4 Å². The van der Waals surface area contributed by atoms with E-state index in [0.29, 0.717) is 30.8 Å². The minimum atomic E-state index is -0.218. The summed E-state index contributed by atoms with van der Waals surface area (Å²) in [4.78, 5) is 8.70. The van der Waals surface area contributed by atoms with E-state index in [-0.39, 0.29) is 5.82 Å². The van der Waals surface area contributed by atoms with Crippen molar-refractivity contribution >= 4 is 17.7 Å². The predicted molar refractivity (Wildman–Crippen MR) is 94.3 cm³/mol. The summed E-state index contributed by atoms with van der Waals surface area (Å²) in [5, 5.41) is 10.2. The van der Waals surface area contributed by atoms with Gasteiger partial charge < -0.3 is 15.2 Å². The molecule has 0 atom stereocenters. The third-order valence-electron chi connectivity index (χ3n) is 3.20. The van der Waals surface area contributed by atoms with Crippen LogP contribution in [-0.4, -0.2) is 28.9 Å². The molecule has 8 heteroatoms. The molecule has 1 aromatic heterocycles. The van der Waals surface area contributed by atoms with Crippen LogP contribution in [0.5, 0.6) is 0 Å². The number of aromatic nitrogens is 2. The monoisotopic (exact) mass is 351 g/mol. The van der Waals surface area contributed by atoms with Gasteiger partial charge in [0.15, 0.2) is 11.8 Å². The van der Waals surface area contributed by atoms with Gasteiger partial charge in [-0.3, -0.25) is 0 Å². The van der Waals surface area contributed by atoms with E-state index >= 15 is 0 Å². The lowest BCUT2D eigenvalue weighted by Crippen LogP contribution is -2.37. The fourth-order valence-corrected chi connectivity index (χ4v) is 2.70. The Morgan fingerprint density at radius 3 is 2.83 bits per heavy atom. The Kier molecular flexibility index (Phi) is 7.05. The van der Waals surface area contributed by atoms with Gasteiger partial charge in [-0.05, 0) is 36.4 Å². The lowest BCUT2D eigenvalue weighted by Gasteiger charge is -2.11. The number of benzene rings is 1. The lowest BCUT2D eigenvalue weighted by atomic mass is 10.1. The maximum absolute atomic E-state index is 13.4. The Hall–Kier alpha value is -2.09. The second-order valence-corrected chi connectivity index (χ2v) is 5.99. The van der Waals surface area contributed by atoms with Crippen molar-refractivity contribution in [3.8, 4) is 0 Å². The summed E-state index contributed by atoms with van der Waals surface area (Å²) >= 11 is 1.66. The Morgan fingerprint density at radius 1 is 1.33 bits per heavy atom. The van der Waals surface area contributed by atoms with Crippen molar-refractivity contribution in [2.24, 2.45) is 4.99 Å². The third-order valence-corrected chi connectivity index (χ3v) is 3.80. The molecule has 0 aliphatic carbocycles. The highest BCUT2D eigenvalue weighted by molar-refractivity contribution is 7.97. The van der Waals surface area contributed by atoms with Crippen molar-refractivity contribution in [1.29, 1.82) is 0 Å². The molecular weight excluding hydrogens is 329 g/mol. The highest BCUT2D eigenvalue weighted by atomic mass is 32.2. The fourth-order valence-electron chi connectivity index (χ4n) is 2.12. The highest BCUT2D eigenvalue weighted by Crippen LogP contribution is 2.17. The van der Waals surface area contributed by atoms with E-state index in [4.69, 9.17) is 4.52 Å². The molecule has 0 fully saturated rings. The second-order valence-electron chi connectivity index (χ2n) is 5.12. The van der Waals surface area contributed by atoms with E-state index in [1.807, 2.05) is 13.2 Å². The number of hydrogen-bond donors (Lipinski definition) is 2. The van der Waals surface area contributed by atoms with Gasteiger partial charge in [0.25, 0.3) is 0 Å². The zero-order valence-corrected chi connectivity index (χ0v) is 14.9. The Labute approximate surface area is 145 Å². The summed E-state index contributed by atoms with van der Waals surface area (Å²) in [5.74, 6) is 2.29. The van der Waals surface area contributed by atoms with Crippen molar-refractivity contribution < 1.29 is 8.91 Å². The van der Waals surface area contributed by atoms with Gasteiger partial charge in [0.2, 0.25) is 5.89 Å². The molecule has 0 aliphatic heterocycles. The second kappa shape index (κ2) is 9.27. The summed E-state index contributed by atoms with van der Waals surface area (Å²) in [6.07, 6.45) is 2.00. The first kappa shape index (κ1) is 18.3. The summed E-state index contributed by atoms with van der Waals surface area (Å²) in [6, 6.07) is 4.83. The smallest absolute Gasteiger partial charge is 0.223 e. The summed E-state index contributed by atoms with van der Waals surface area (Å²) < 4.78 is 18.3. The average molecular weight is 351 g/mol. The van der Waals surface area contributed by atoms with Crippen LogP contribution in [0, 0.1) is 12.7 Å². The maximum atomic E-state index is 13.4. The standard InChI is InChI=1S/C16H22FN5OS/c1-4-18-16(20-9-15-21-11(2)23-22-15)19-8-12-5-6-14(17)7-13(12)10-24-3/h5-7H,4,8-10H2,1-3H3,(H2,18,19,20). The number of nitrogens with zero attached hydrogens (tertiary/aromatic N) is 3. The lowest BCUT2D eigenvalue weighted by molar-refractivity contribution is 0.387. The summed E-state index contributed by atoms with van der Waals surface area (Å²) in [7, 11) is 0. The van der Waals surface area contributed by atoms with Gasteiger partial charge in [0.1, 0.15) is 5.82 Å². The largest absolute Gasteiger partial charge is 0.357 e. The van der Waals surface area contributed by atoms with Crippen LogP contribution in [-0.2, 0) is 18.8 Å². The topological polar surface area (TPSA) is 75.3 Å². The van der Waals surface area contributed by atoms with E-state index < -0.39 is 0 Å². The van der Waals surface area contributed by atoms with Crippen molar-refractivity contribution in [2.45, 2.75) is 32.7 Å². The molecule has 24 heavy (non-hydrogen) atoms. The zero-order valence-electron chi connectivity index (χ0n) is 14.1. The van der Waals surface area contributed by atoms with Crippen LogP contribution in [0.4, 0.5) is 4.39 Å². The molecular formula is C16H22FN5OS. The van der Waals surface area contributed by atoms with Crippen molar-refractivity contribution in [1.82, 2.24) is 20.8 Å². The molecule has 1 aromatic carbocycles. The van der Waals surface area contributed by atoms with Gasteiger partial charge in [-0.2, -0.15) is 16.7 Å². The first-order valence-electron chi connectivity index (χ1n) is 7.70. The van der Waals surface area contributed by atoms with E-state index in [1.54, 1.807) is 30.8 Å². The number of aliphatic imine (C=N–C) groups is 1. The molecule has 0 unspecified atom stereocenters. The van der Waals surface area contributed by atoms with Crippen LogP contribution in [0.25, 0.3) is 0 Å². The minimum Gasteiger partial charge on any atom is -0.357 e. The van der Waals surface area contributed by atoms with Gasteiger partial charge in [0.05, 0.1) is 13.1 Å². The van der Waals surface area contributed by atoms with Crippen molar-refractivity contribution in [2.75, 3.05) is 12.8 Å². The van der Waals surface area contributed by atoms with Crippen LogP contribution in [0.3, 0.4) is 0 Å². The van der Waals surface area contributed by atoms with E-state index in [1.165, 1.54) is 6.07 Å². The molecule has 130 valence electrons. The third kappa shape index (κ3) is 5.52. The maximum Gasteiger partial charge on any atom is 0.223 e. The van der Waals surface area contributed by atoms with Gasteiger partial charge in [-0.15, -0.1) is 0 Å². The van der Waals surface area contributed by atoms with E-state index in [9.17, 15) is 4.39 Å². The van der Waals surface area contributed by atoms with Crippen LogP contribution in [0.1, 0.15) is 29.8 Å². The first-order valence-corrected chi connectivity index (χ1v) is 9.09. The Balaban J connectivity index is 2.04. The van der Waals surface area contributed by atoms with Crippen molar-refractivity contribution in [3.05, 3.63) is 46.9 Å². The number of nitrogens with one attached hydrogen (secondary N) is 2. The summed E-state index contributed by atoms with van der Waals surface area (Å²) in [6.45, 7) is 5.36. The highest BCUT2D eigenvalue weighted by Gasteiger charge is 2.06. The molecule has 0 radical (unpaired) electrons. The molecule has 2 N–H and O–H groups in total. The number of halogens is 1. The minimum absolute atomic E-state index is 0.218. The van der Waals surface area contributed by atoms with Crippen LogP contribution >= 0.6 is 11.8 Å². The molecule has 0 saturated heterocycles. The number of guanidine groups is 1. The van der Waals surface area contributed by atoms with Gasteiger partial charge in [-0.25, -0.2) is 9.38 Å². The molecule has 0 spiro atoms. The molecule has 1 heterocycles. The Bertz CT molecular complexity index is 689. The van der Waals surface area contributed by atoms with E-state index in [2.05, 4.69) is 25.8 Å². The fraction of sp³-hybridized carbons (Fsp3) is 0.438. The molecule has 0 aliphatic rings. The SMILES string of the molecule is CCNC(=NCc1ccc(F)cc1CSC)NCc1noc(C)n1. The number of aryl methyl sites for hydroxylation is 1. The molecule has 6 nitrogen and oxygen atoms in total. The number of thioether (sulfide) groups is 1. The molecule has 0 amide bonds. The molecule has 0 bridgehead atoms. The zero-order chi connectivity index (χ0) is 17.4. The molecule has 0 saturated carbocycles.